The molecule has 2 aromatic carbocycles. The second-order valence-corrected chi connectivity index (χ2v) is 7.28. The molecular formula is C19H14BrClN2O2. The lowest BCUT2D eigenvalue weighted by atomic mass is 10.00. The van der Waals surface area contributed by atoms with E-state index in [4.69, 9.17) is 16.1 Å². The molecular weight excluding hydrogens is 404 g/mol. The Labute approximate surface area is 158 Å². The minimum atomic E-state index is 0.00851. The summed E-state index contributed by atoms with van der Waals surface area (Å²) < 4.78 is 6.51. The standard InChI is InChI=1S/C19H14BrClN2O2/c20-14-5-1-13(2-6-14)19(24)23-10-9-16-17(11-23)22-25-18(16)12-3-7-15(21)8-4-12/h1-8H,9-11H2. The van der Waals surface area contributed by atoms with Crippen molar-refractivity contribution in [2.75, 3.05) is 6.54 Å². The largest absolute Gasteiger partial charge is 0.356 e. The lowest BCUT2D eigenvalue weighted by Crippen LogP contribution is -2.35. The van der Waals surface area contributed by atoms with Crippen LogP contribution in [0.15, 0.2) is 57.5 Å². The molecule has 3 aromatic rings. The van der Waals surface area contributed by atoms with E-state index in [9.17, 15) is 4.79 Å². The first-order valence-corrected chi connectivity index (χ1v) is 9.07. The second kappa shape index (κ2) is 6.65. The van der Waals surface area contributed by atoms with Crippen LogP contribution in [0, 0.1) is 0 Å². The summed E-state index contributed by atoms with van der Waals surface area (Å²) in [6, 6.07) is 14.9. The summed E-state index contributed by atoms with van der Waals surface area (Å²) in [4.78, 5) is 14.5. The van der Waals surface area contributed by atoms with Crippen molar-refractivity contribution >= 4 is 33.4 Å². The fraction of sp³-hybridized carbons (Fsp3) is 0.158. The highest BCUT2D eigenvalue weighted by Gasteiger charge is 2.27. The first-order valence-electron chi connectivity index (χ1n) is 7.90. The van der Waals surface area contributed by atoms with Crippen molar-refractivity contribution in [1.29, 1.82) is 0 Å². The predicted molar refractivity (Wildman–Crippen MR) is 99.5 cm³/mol. The van der Waals surface area contributed by atoms with Crippen LogP contribution < -0.4 is 0 Å². The van der Waals surface area contributed by atoms with Crippen LogP contribution in [0.3, 0.4) is 0 Å². The molecule has 6 heteroatoms. The minimum Gasteiger partial charge on any atom is -0.356 e. The van der Waals surface area contributed by atoms with Crippen LogP contribution in [0.4, 0.5) is 0 Å². The van der Waals surface area contributed by atoms with Gasteiger partial charge >= 0.3 is 0 Å². The number of hydrogen-bond donors (Lipinski definition) is 0. The Bertz CT molecular complexity index is 920. The molecule has 4 rings (SSSR count). The molecule has 1 aliphatic heterocycles. The Kier molecular flexibility index (Phi) is 4.36. The summed E-state index contributed by atoms with van der Waals surface area (Å²) >= 11 is 9.33. The number of amides is 1. The fourth-order valence-electron chi connectivity index (χ4n) is 3.01. The number of halogens is 2. The fourth-order valence-corrected chi connectivity index (χ4v) is 3.40. The number of rotatable bonds is 2. The van der Waals surface area contributed by atoms with Crippen molar-refractivity contribution in [3.8, 4) is 11.3 Å². The molecule has 0 aliphatic carbocycles. The number of nitrogens with zero attached hydrogens (tertiary/aromatic N) is 2. The van der Waals surface area contributed by atoms with E-state index in [-0.39, 0.29) is 5.91 Å². The van der Waals surface area contributed by atoms with Crippen molar-refractivity contribution in [2.45, 2.75) is 13.0 Å². The molecule has 0 saturated carbocycles. The molecule has 1 amide bonds. The molecule has 1 aromatic heterocycles. The average Bonchev–Trinajstić information content (AvgIpc) is 3.05. The summed E-state index contributed by atoms with van der Waals surface area (Å²) in [5, 5.41) is 4.87. The predicted octanol–water partition coefficient (Wildman–Crippen LogP) is 4.96. The van der Waals surface area contributed by atoms with Gasteiger partial charge in [0.2, 0.25) is 0 Å². The Hall–Kier alpha value is -2.11. The van der Waals surface area contributed by atoms with Crippen LogP contribution >= 0.6 is 27.5 Å². The summed E-state index contributed by atoms with van der Waals surface area (Å²) in [6.07, 6.45) is 0.721. The number of carbonyl (C=O) groups is 1. The maximum Gasteiger partial charge on any atom is 0.254 e. The lowest BCUT2D eigenvalue weighted by molar-refractivity contribution is 0.0731. The summed E-state index contributed by atoms with van der Waals surface area (Å²) in [7, 11) is 0. The molecule has 25 heavy (non-hydrogen) atoms. The third-order valence-electron chi connectivity index (χ3n) is 4.33. The van der Waals surface area contributed by atoms with Gasteiger partial charge in [-0.3, -0.25) is 4.79 Å². The molecule has 0 saturated heterocycles. The Morgan fingerprint density at radius 3 is 2.56 bits per heavy atom. The maximum atomic E-state index is 12.7. The number of aromatic nitrogens is 1. The van der Waals surface area contributed by atoms with E-state index in [0.29, 0.717) is 23.7 Å². The topological polar surface area (TPSA) is 46.3 Å². The van der Waals surface area contributed by atoms with Crippen LogP contribution in [0.5, 0.6) is 0 Å². The highest BCUT2D eigenvalue weighted by atomic mass is 79.9. The summed E-state index contributed by atoms with van der Waals surface area (Å²) in [6.45, 7) is 1.10. The zero-order valence-corrected chi connectivity index (χ0v) is 15.5. The van der Waals surface area contributed by atoms with Gasteiger partial charge in [0.1, 0.15) is 5.69 Å². The van der Waals surface area contributed by atoms with Crippen LogP contribution in [0.1, 0.15) is 21.6 Å². The van der Waals surface area contributed by atoms with Gasteiger partial charge in [-0.1, -0.05) is 32.7 Å². The maximum absolute atomic E-state index is 12.7. The van der Waals surface area contributed by atoms with E-state index in [1.165, 1.54) is 0 Å². The van der Waals surface area contributed by atoms with Crippen LogP contribution in [-0.2, 0) is 13.0 Å². The van der Waals surface area contributed by atoms with E-state index in [1.54, 1.807) is 4.90 Å². The van der Waals surface area contributed by atoms with E-state index in [1.807, 2.05) is 48.5 Å². The average molecular weight is 418 g/mol. The van der Waals surface area contributed by atoms with Gasteiger partial charge in [0.05, 0.1) is 6.54 Å². The van der Waals surface area contributed by atoms with Crippen molar-refractivity contribution in [2.24, 2.45) is 0 Å². The van der Waals surface area contributed by atoms with Gasteiger partial charge in [-0.15, -0.1) is 0 Å². The molecule has 0 N–H and O–H groups in total. The monoisotopic (exact) mass is 416 g/mol. The molecule has 0 unspecified atom stereocenters. The smallest absolute Gasteiger partial charge is 0.254 e. The van der Waals surface area contributed by atoms with Crippen LogP contribution in [0.25, 0.3) is 11.3 Å². The van der Waals surface area contributed by atoms with Gasteiger partial charge in [0, 0.05) is 32.7 Å². The first-order chi connectivity index (χ1) is 12.1. The van der Waals surface area contributed by atoms with Crippen molar-refractivity contribution in [3.63, 3.8) is 0 Å². The summed E-state index contributed by atoms with van der Waals surface area (Å²) in [5.41, 5.74) is 3.52. The Morgan fingerprint density at radius 2 is 1.84 bits per heavy atom. The van der Waals surface area contributed by atoms with Gasteiger partial charge in [-0.05, 0) is 55.0 Å². The lowest BCUT2D eigenvalue weighted by Gasteiger charge is -2.26. The second-order valence-electron chi connectivity index (χ2n) is 5.93. The molecule has 126 valence electrons. The quantitative estimate of drug-likeness (QED) is 0.592. The number of benzene rings is 2. The normalized spacial score (nSPS) is 13.6. The zero-order chi connectivity index (χ0) is 17.4. The highest BCUT2D eigenvalue weighted by molar-refractivity contribution is 9.10. The van der Waals surface area contributed by atoms with E-state index in [2.05, 4.69) is 21.1 Å². The van der Waals surface area contributed by atoms with E-state index < -0.39 is 0 Å². The minimum absolute atomic E-state index is 0.00851. The van der Waals surface area contributed by atoms with Crippen LogP contribution in [-0.4, -0.2) is 22.5 Å². The molecule has 0 fully saturated rings. The van der Waals surface area contributed by atoms with Crippen molar-refractivity contribution in [3.05, 3.63) is 74.8 Å². The number of hydrogen-bond acceptors (Lipinski definition) is 3. The molecule has 0 atom stereocenters. The van der Waals surface area contributed by atoms with E-state index >= 15 is 0 Å². The molecule has 2 heterocycles. The highest BCUT2D eigenvalue weighted by Crippen LogP contribution is 2.31. The first kappa shape index (κ1) is 16.4. The number of fused-ring (bicyclic) bond motifs is 1. The molecule has 1 aliphatic rings. The molecule has 4 nitrogen and oxygen atoms in total. The van der Waals surface area contributed by atoms with Gasteiger partial charge in [0.15, 0.2) is 5.76 Å². The molecule has 0 spiro atoms. The van der Waals surface area contributed by atoms with E-state index in [0.717, 1.165) is 33.5 Å². The SMILES string of the molecule is O=C(c1ccc(Br)cc1)N1CCc2c(noc2-c2ccc(Cl)cc2)C1. The van der Waals surface area contributed by atoms with Crippen molar-refractivity contribution in [1.82, 2.24) is 10.1 Å². The summed E-state index contributed by atoms with van der Waals surface area (Å²) in [5.74, 6) is 0.775. The Morgan fingerprint density at radius 1 is 1.12 bits per heavy atom. The van der Waals surface area contributed by atoms with Crippen LogP contribution in [0.2, 0.25) is 5.02 Å². The van der Waals surface area contributed by atoms with Gasteiger partial charge in [0.25, 0.3) is 5.91 Å². The van der Waals surface area contributed by atoms with Crippen molar-refractivity contribution < 1.29 is 9.32 Å². The van der Waals surface area contributed by atoms with Gasteiger partial charge in [-0.2, -0.15) is 0 Å². The third-order valence-corrected chi connectivity index (χ3v) is 5.11. The van der Waals surface area contributed by atoms with Gasteiger partial charge in [-0.25, -0.2) is 0 Å². The molecule has 0 bridgehead atoms. The molecule has 0 radical (unpaired) electrons. The number of carbonyl (C=O) groups excluding carboxylic acids is 1. The van der Waals surface area contributed by atoms with Gasteiger partial charge < -0.3 is 9.42 Å². The zero-order valence-electron chi connectivity index (χ0n) is 13.2. The Balaban J connectivity index is 1.57. The third kappa shape index (κ3) is 3.22.